The molecule has 0 aliphatic heterocycles. The zero-order chi connectivity index (χ0) is 10.5. The molecule has 4 nitrogen and oxygen atoms in total. The van der Waals surface area contributed by atoms with E-state index in [1.54, 1.807) is 24.0 Å². The highest BCUT2D eigenvalue weighted by Crippen LogP contribution is 2.25. The van der Waals surface area contributed by atoms with Crippen LogP contribution < -0.4 is 11.3 Å². The van der Waals surface area contributed by atoms with Crippen LogP contribution in [0.5, 0.6) is 0 Å². The van der Waals surface area contributed by atoms with E-state index in [1.807, 2.05) is 7.05 Å². The average molecular weight is 248 g/mol. The summed E-state index contributed by atoms with van der Waals surface area (Å²) >= 11 is 6.02. The van der Waals surface area contributed by atoms with Crippen LogP contribution in [0, 0.1) is 0 Å². The Labute approximate surface area is 97.6 Å². The number of aromatic nitrogens is 2. The van der Waals surface area contributed by atoms with Gasteiger partial charge in [-0.25, -0.2) is 0 Å². The van der Waals surface area contributed by atoms with Crippen LogP contribution in [0.4, 0.5) is 5.69 Å². The van der Waals surface area contributed by atoms with Crippen molar-refractivity contribution >= 4 is 40.6 Å². The highest BCUT2D eigenvalue weighted by Gasteiger charge is 2.12. The molecule has 0 radical (unpaired) electrons. The van der Waals surface area contributed by atoms with Gasteiger partial charge >= 0.3 is 0 Å². The lowest BCUT2D eigenvalue weighted by Gasteiger charge is -2.02. The first-order valence-corrected chi connectivity index (χ1v) is 4.50. The zero-order valence-electron chi connectivity index (χ0n) is 8.32. The minimum absolute atomic E-state index is 0. The quantitative estimate of drug-likeness (QED) is 0.768. The van der Waals surface area contributed by atoms with E-state index < -0.39 is 0 Å². The van der Waals surface area contributed by atoms with Crippen LogP contribution in [0.25, 0.3) is 10.9 Å². The summed E-state index contributed by atoms with van der Waals surface area (Å²) in [5.74, 6) is 0. The first-order valence-electron chi connectivity index (χ1n) is 4.12. The molecule has 2 N–H and O–H groups in total. The summed E-state index contributed by atoms with van der Waals surface area (Å²) in [6.45, 7) is 0. The highest BCUT2D eigenvalue weighted by molar-refractivity contribution is 6.35. The van der Waals surface area contributed by atoms with Crippen molar-refractivity contribution < 1.29 is 0 Å². The molecule has 82 valence electrons. The van der Waals surface area contributed by atoms with Gasteiger partial charge in [-0.3, -0.25) is 4.79 Å². The normalized spacial score (nSPS) is 10.3. The maximum atomic E-state index is 11.7. The number of anilines is 1. The summed E-state index contributed by atoms with van der Waals surface area (Å²) in [5.41, 5.74) is 6.75. The van der Waals surface area contributed by atoms with Crippen molar-refractivity contribution in [2.24, 2.45) is 14.1 Å². The molecule has 2 aromatic rings. The lowest BCUT2D eigenvalue weighted by atomic mass is 10.3. The number of nitrogens with two attached hydrogens (primary N) is 1. The van der Waals surface area contributed by atoms with Gasteiger partial charge in [-0.15, -0.1) is 12.4 Å². The second-order valence-electron chi connectivity index (χ2n) is 3.31. The minimum Gasteiger partial charge on any atom is -0.397 e. The van der Waals surface area contributed by atoms with Crippen LogP contribution >= 0.6 is 24.0 Å². The van der Waals surface area contributed by atoms with Gasteiger partial charge in [-0.2, -0.15) is 0 Å². The van der Waals surface area contributed by atoms with E-state index in [1.165, 1.54) is 4.57 Å². The Morgan fingerprint density at radius 3 is 2.47 bits per heavy atom. The second kappa shape index (κ2) is 3.79. The molecular formula is C9H11Cl2N3O. The fraction of sp³-hybridized carbons (Fsp3) is 0.222. The predicted octanol–water partition coefficient (Wildman–Crippen LogP) is 1.53. The number of hydrogen-bond donors (Lipinski definition) is 1. The van der Waals surface area contributed by atoms with Crippen molar-refractivity contribution in [2.45, 2.75) is 0 Å². The molecule has 0 saturated heterocycles. The number of pyridine rings is 1. The third-order valence-electron chi connectivity index (χ3n) is 2.28. The fourth-order valence-corrected chi connectivity index (χ4v) is 2.00. The molecule has 6 heteroatoms. The number of nitrogens with zero attached hydrogens (tertiary/aromatic N) is 2. The largest absolute Gasteiger partial charge is 0.397 e. The van der Waals surface area contributed by atoms with Crippen LogP contribution in [-0.2, 0) is 14.1 Å². The molecule has 0 bridgehead atoms. The van der Waals surface area contributed by atoms with E-state index in [4.69, 9.17) is 17.3 Å². The van der Waals surface area contributed by atoms with E-state index in [0.29, 0.717) is 21.6 Å². The summed E-state index contributed by atoms with van der Waals surface area (Å²) in [6, 6.07) is 0. The molecule has 15 heavy (non-hydrogen) atoms. The van der Waals surface area contributed by atoms with Gasteiger partial charge in [0, 0.05) is 26.5 Å². The number of fused-ring (bicyclic) bond motifs is 1. The van der Waals surface area contributed by atoms with Gasteiger partial charge in [0.2, 0.25) is 0 Å². The standard InChI is InChI=1S/C9H10ClN3O.ClH/c1-12-4-6(11)7-8(12)5(10)3-13(2)9(7)14;/h3-4H,11H2,1-2H3;1H. The Kier molecular flexibility index (Phi) is 3.02. The average Bonchev–Trinajstić information content (AvgIpc) is 2.38. The number of aryl methyl sites for hydroxylation is 2. The SMILES string of the molecule is Cl.Cn1cc(Cl)c2c(c(N)cn2C)c1=O. The molecule has 2 aromatic heterocycles. The van der Waals surface area contributed by atoms with Gasteiger partial charge in [0.15, 0.2) is 0 Å². The minimum atomic E-state index is -0.123. The maximum absolute atomic E-state index is 11.7. The Balaban J connectivity index is 0.00000112. The topological polar surface area (TPSA) is 52.9 Å². The summed E-state index contributed by atoms with van der Waals surface area (Å²) < 4.78 is 3.19. The van der Waals surface area contributed by atoms with E-state index in [2.05, 4.69) is 0 Å². The number of hydrogen-bond acceptors (Lipinski definition) is 2. The van der Waals surface area contributed by atoms with Crippen LogP contribution in [-0.4, -0.2) is 9.13 Å². The second-order valence-corrected chi connectivity index (χ2v) is 3.72. The smallest absolute Gasteiger partial charge is 0.261 e. The van der Waals surface area contributed by atoms with Crippen molar-refractivity contribution in [3.63, 3.8) is 0 Å². The Hall–Kier alpha value is -1.13. The van der Waals surface area contributed by atoms with Gasteiger partial charge in [0.25, 0.3) is 5.56 Å². The fourth-order valence-electron chi connectivity index (χ4n) is 1.63. The number of nitrogen functional groups attached to an aromatic ring is 1. The highest BCUT2D eigenvalue weighted by atomic mass is 35.5. The maximum Gasteiger partial charge on any atom is 0.261 e. The first kappa shape index (κ1) is 11.9. The van der Waals surface area contributed by atoms with Gasteiger partial charge < -0.3 is 14.9 Å². The monoisotopic (exact) mass is 247 g/mol. The lowest BCUT2D eigenvalue weighted by Crippen LogP contribution is -2.16. The molecule has 0 aromatic carbocycles. The van der Waals surface area contributed by atoms with Crippen LogP contribution in [0.3, 0.4) is 0 Å². The van der Waals surface area contributed by atoms with Crippen molar-refractivity contribution in [3.05, 3.63) is 27.8 Å². The van der Waals surface area contributed by atoms with E-state index in [-0.39, 0.29) is 18.0 Å². The molecule has 0 aliphatic rings. The Bertz CT molecular complexity index is 571. The van der Waals surface area contributed by atoms with E-state index >= 15 is 0 Å². The molecule has 2 heterocycles. The molecule has 0 atom stereocenters. The van der Waals surface area contributed by atoms with Crippen molar-refractivity contribution in [2.75, 3.05) is 5.73 Å². The van der Waals surface area contributed by atoms with E-state index in [0.717, 1.165) is 0 Å². The van der Waals surface area contributed by atoms with Crippen LogP contribution in [0.15, 0.2) is 17.2 Å². The number of rotatable bonds is 0. The van der Waals surface area contributed by atoms with Gasteiger partial charge in [0.05, 0.1) is 21.6 Å². The van der Waals surface area contributed by atoms with Crippen LogP contribution in [0.1, 0.15) is 0 Å². The Morgan fingerprint density at radius 1 is 1.27 bits per heavy atom. The van der Waals surface area contributed by atoms with Gasteiger partial charge in [-0.05, 0) is 0 Å². The van der Waals surface area contributed by atoms with Crippen molar-refractivity contribution in [1.82, 2.24) is 9.13 Å². The molecule has 0 fully saturated rings. The number of halogens is 2. The molecule has 0 saturated carbocycles. The molecule has 0 aliphatic carbocycles. The van der Waals surface area contributed by atoms with Gasteiger partial charge in [0.1, 0.15) is 0 Å². The molecule has 2 rings (SSSR count). The molecule has 0 spiro atoms. The molecular weight excluding hydrogens is 237 g/mol. The Morgan fingerprint density at radius 2 is 1.87 bits per heavy atom. The first-order chi connectivity index (χ1) is 6.52. The van der Waals surface area contributed by atoms with Gasteiger partial charge in [-0.1, -0.05) is 11.6 Å². The third kappa shape index (κ3) is 1.60. The molecule has 0 amide bonds. The summed E-state index contributed by atoms with van der Waals surface area (Å²) in [5, 5.41) is 1.02. The van der Waals surface area contributed by atoms with E-state index in [9.17, 15) is 4.79 Å². The summed E-state index contributed by atoms with van der Waals surface area (Å²) in [7, 11) is 3.46. The predicted molar refractivity (Wildman–Crippen MR) is 64.8 cm³/mol. The lowest BCUT2D eigenvalue weighted by molar-refractivity contribution is 0.869. The zero-order valence-corrected chi connectivity index (χ0v) is 9.89. The summed E-state index contributed by atoms with van der Waals surface area (Å²) in [4.78, 5) is 11.7. The summed E-state index contributed by atoms with van der Waals surface area (Å²) in [6.07, 6.45) is 3.28. The van der Waals surface area contributed by atoms with Crippen molar-refractivity contribution in [3.8, 4) is 0 Å². The van der Waals surface area contributed by atoms with Crippen molar-refractivity contribution in [1.29, 1.82) is 0 Å². The molecule has 0 unspecified atom stereocenters. The van der Waals surface area contributed by atoms with Crippen LogP contribution in [0.2, 0.25) is 5.02 Å². The third-order valence-corrected chi connectivity index (χ3v) is 2.55.